The van der Waals surface area contributed by atoms with Crippen LogP contribution in [0.25, 0.3) is 0 Å². The van der Waals surface area contributed by atoms with E-state index in [1.165, 1.54) is 19.3 Å². The first kappa shape index (κ1) is 10.3. The van der Waals surface area contributed by atoms with Gasteiger partial charge in [0, 0.05) is 18.5 Å². The second-order valence-corrected chi connectivity index (χ2v) is 3.89. The summed E-state index contributed by atoms with van der Waals surface area (Å²) in [4.78, 5) is 2.32. The molecule has 0 aromatic carbocycles. The fourth-order valence-corrected chi connectivity index (χ4v) is 1.64. The lowest BCUT2D eigenvalue weighted by molar-refractivity contribution is 0.120. The molecule has 1 rings (SSSR count). The Bertz CT molecular complexity index is 189. The molecule has 0 aliphatic heterocycles. The maximum Gasteiger partial charge on any atom is 0.140 e. The molecule has 3 N–H and O–H groups in total. The minimum Gasteiger partial charge on any atom is -0.409 e. The number of rotatable bonds is 4. The largest absolute Gasteiger partial charge is 0.409 e. The molecule has 0 aromatic rings. The molecular formula is C9H19N3O. The van der Waals surface area contributed by atoms with E-state index in [0.717, 1.165) is 0 Å². The van der Waals surface area contributed by atoms with Gasteiger partial charge in [-0.1, -0.05) is 11.6 Å². The normalized spacial score (nSPS) is 21.6. The van der Waals surface area contributed by atoms with E-state index in [0.29, 0.717) is 24.3 Å². The van der Waals surface area contributed by atoms with Gasteiger partial charge in [0.15, 0.2) is 0 Å². The number of hydrogen-bond donors (Lipinski definition) is 2. The van der Waals surface area contributed by atoms with Gasteiger partial charge < -0.3 is 15.8 Å². The third-order valence-corrected chi connectivity index (χ3v) is 2.98. The lowest BCUT2D eigenvalue weighted by Crippen LogP contribution is -2.44. The van der Waals surface area contributed by atoms with E-state index in [9.17, 15) is 0 Å². The van der Waals surface area contributed by atoms with Gasteiger partial charge in [-0.2, -0.15) is 0 Å². The van der Waals surface area contributed by atoms with Crippen LogP contribution in [0.1, 0.15) is 32.6 Å². The smallest absolute Gasteiger partial charge is 0.140 e. The highest BCUT2D eigenvalue weighted by Gasteiger charge is 2.25. The molecule has 0 saturated heterocycles. The minimum atomic E-state index is 0.318. The SMILES string of the molecule is CC(CC(N)=NO)N(C)C1CCC1. The van der Waals surface area contributed by atoms with E-state index < -0.39 is 0 Å². The van der Waals surface area contributed by atoms with E-state index in [1.54, 1.807) is 0 Å². The molecule has 1 aliphatic rings. The maximum atomic E-state index is 8.42. The number of nitrogens with two attached hydrogens (primary N) is 1. The number of amidine groups is 1. The molecule has 1 unspecified atom stereocenters. The zero-order chi connectivity index (χ0) is 9.84. The summed E-state index contributed by atoms with van der Waals surface area (Å²) < 4.78 is 0. The van der Waals surface area contributed by atoms with Gasteiger partial charge in [-0.05, 0) is 26.8 Å². The quantitative estimate of drug-likeness (QED) is 0.297. The molecule has 0 amide bonds. The van der Waals surface area contributed by atoms with Crippen molar-refractivity contribution in [3.8, 4) is 0 Å². The van der Waals surface area contributed by atoms with Crippen LogP contribution in [0.3, 0.4) is 0 Å². The third-order valence-electron chi connectivity index (χ3n) is 2.98. The van der Waals surface area contributed by atoms with Crippen LogP contribution in [0.5, 0.6) is 0 Å². The number of oxime groups is 1. The molecule has 0 aromatic heterocycles. The molecule has 1 aliphatic carbocycles. The molecule has 1 saturated carbocycles. The Morgan fingerprint density at radius 3 is 2.69 bits per heavy atom. The van der Waals surface area contributed by atoms with Gasteiger partial charge in [-0.25, -0.2) is 0 Å². The van der Waals surface area contributed by atoms with Crippen LogP contribution in [0, 0.1) is 0 Å². The van der Waals surface area contributed by atoms with E-state index in [2.05, 4.69) is 24.0 Å². The van der Waals surface area contributed by atoms with Gasteiger partial charge >= 0.3 is 0 Å². The molecule has 4 heteroatoms. The van der Waals surface area contributed by atoms with Crippen molar-refractivity contribution in [1.29, 1.82) is 0 Å². The van der Waals surface area contributed by atoms with E-state index in [-0.39, 0.29) is 0 Å². The van der Waals surface area contributed by atoms with E-state index in [4.69, 9.17) is 10.9 Å². The Morgan fingerprint density at radius 1 is 1.69 bits per heavy atom. The van der Waals surface area contributed by atoms with Gasteiger partial charge in [0.05, 0.1) is 0 Å². The van der Waals surface area contributed by atoms with Crippen molar-refractivity contribution in [3.05, 3.63) is 0 Å². The molecule has 0 heterocycles. The molecule has 1 fully saturated rings. The summed E-state index contributed by atoms with van der Waals surface area (Å²) in [6.07, 6.45) is 4.56. The molecule has 4 nitrogen and oxygen atoms in total. The van der Waals surface area contributed by atoms with Crippen molar-refractivity contribution in [2.24, 2.45) is 10.9 Å². The van der Waals surface area contributed by atoms with Crippen LogP contribution in [-0.2, 0) is 0 Å². The lowest BCUT2D eigenvalue weighted by atomic mass is 9.90. The number of nitrogens with zero attached hydrogens (tertiary/aromatic N) is 2. The van der Waals surface area contributed by atoms with Crippen LogP contribution in [-0.4, -0.2) is 35.1 Å². The highest BCUT2D eigenvalue weighted by atomic mass is 16.4. The molecule has 0 bridgehead atoms. The van der Waals surface area contributed by atoms with Crippen molar-refractivity contribution in [2.45, 2.75) is 44.7 Å². The van der Waals surface area contributed by atoms with Crippen LogP contribution in [0.15, 0.2) is 5.16 Å². The lowest BCUT2D eigenvalue weighted by Gasteiger charge is -2.38. The van der Waals surface area contributed by atoms with Gasteiger partial charge in [-0.15, -0.1) is 0 Å². The topological polar surface area (TPSA) is 61.9 Å². The summed E-state index contributed by atoms with van der Waals surface area (Å²) in [5.41, 5.74) is 5.44. The fraction of sp³-hybridized carbons (Fsp3) is 0.889. The van der Waals surface area contributed by atoms with E-state index >= 15 is 0 Å². The average molecular weight is 185 g/mol. The third kappa shape index (κ3) is 2.59. The highest BCUT2D eigenvalue weighted by molar-refractivity contribution is 5.80. The monoisotopic (exact) mass is 185 g/mol. The van der Waals surface area contributed by atoms with Gasteiger partial charge in [0.1, 0.15) is 5.84 Å². The molecule has 76 valence electrons. The highest BCUT2D eigenvalue weighted by Crippen LogP contribution is 2.25. The van der Waals surface area contributed by atoms with Crippen molar-refractivity contribution in [3.63, 3.8) is 0 Å². The summed E-state index contributed by atoms with van der Waals surface area (Å²) in [7, 11) is 2.11. The Balaban J connectivity index is 2.32. The van der Waals surface area contributed by atoms with Crippen LogP contribution in [0.4, 0.5) is 0 Å². The predicted molar refractivity (Wildman–Crippen MR) is 52.9 cm³/mol. The second kappa shape index (κ2) is 4.46. The second-order valence-electron chi connectivity index (χ2n) is 3.89. The first-order valence-corrected chi connectivity index (χ1v) is 4.83. The standard InChI is InChI=1S/C9H19N3O/c1-7(6-9(10)11-13)12(2)8-4-3-5-8/h7-8,13H,3-6H2,1-2H3,(H2,10,11). The van der Waals surface area contributed by atoms with Gasteiger partial charge in [0.2, 0.25) is 0 Å². The van der Waals surface area contributed by atoms with Gasteiger partial charge in [-0.3, -0.25) is 0 Å². The molecule has 13 heavy (non-hydrogen) atoms. The first-order chi connectivity index (χ1) is 6.15. The summed E-state index contributed by atoms with van der Waals surface area (Å²) in [5, 5.41) is 11.4. The number of hydrogen-bond acceptors (Lipinski definition) is 3. The Morgan fingerprint density at radius 2 is 2.31 bits per heavy atom. The maximum absolute atomic E-state index is 8.42. The Kier molecular flexibility index (Phi) is 3.54. The molecular weight excluding hydrogens is 166 g/mol. The van der Waals surface area contributed by atoms with Crippen LogP contribution in [0.2, 0.25) is 0 Å². The summed E-state index contributed by atoms with van der Waals surface area (Å²) >= 11 is 0. The fourth-order valence-electron chi connectivity index (χ4n) is 1.64. The summed E-state index contributed by atoms with van der Waals surface area (Å²) in [5.74, 6) is 0.318. The zero-order valence-corrected chi connectivity index (χ0v) is 8.40. The first-order valence-electron chi connectivity index (χ1n) is 4.83. The van der Waals surface area contributed by atoms with E-state index in [1.807, 2.05) is 0 Å². The average Bonchev–Trinajstić information content (AvgIpc) is 2.00. The minimum absolute atomic E-state index is 0.318. The zero-order valence-electron chi connectivity index (χ0n) is 8.40. The van der Waals surface area contributed by atoms with Crippen molar-refractivity contribution in [2.75, 3.05) is 7.05 Å². The summed E-state index contributed by atoms with van der Waals surface area (Å²) in [6, 6.07) is 1.07. The Labute approximate surface area is 79.4 Å². The van der Waals surface area contributed by atoms with Crippen LogP contribution >= 0.6 is 0 Å². The van der Waals surface area contributed by atoms with Crippen LogP contribution < -0.4 is 5.73 Å². The van der Waals surface area contributed by atoms with Crippen molar-refractivity contribution in [1.82, 2.24) is 4.90 Å². The summed E-state index contributed by atoms with van der Waals surface area (Å²) in [6.45, 7) is 2.11. The van der Waals surface area contributed by atoms with Gasteiger partial charge in [0.25, 0.3) is 0 Å². The van der Waals surface area contributed by atoms with Crippen molar-refractivity contribution < 1.29 is 5.21 Å². The molecule has 0 spiro atoms. The van der Waals surface area contributed by atoms with Crippen molar-refractivity contribution >= 4 is 5.84 Å². The molecule has 0 radical (unpaired) electrons. The Hall–Kier alpha value is -0.770. The molecule has 1 atom stereocenters. The predicted octanol–water partition coefficient (Wildman–Crippen LogP) is 0.996.